The van der Waals surface area contributed by atoms with Crippen molar-refractivity contribution in [1.82, 2.24) is 19.8 Å². The van der Waals surface area contributed by atoms with E-state index in [2.05, 4.69) is 61.6 Å². The molecule has 0 spiro atoms. The van der Waals surface area contributed by atoms with Crippen LogP contribution in [0.2, 0.25) is 0 Å². The smallest absolute Gasteiger partial charge is 0.0951 e. The molecule has 0 aromatic carbocycles. The minimum Gasteiger partial charge on any atom is -0.329 e. The summed E-state index contributed by atoms with van der Waals surface area (Å²) in [6.45, 7) is 12.0. The molecule has 1 N–H and O–H groups in total. The van der Waals surface area contributed by atoms with E-state index >= 15 is 0 Å². The molecular weight excluding hydrogens is 236 g/mol. The molecule has 0 aliphatic rings. The fourth-order valence-electron chi connectivity index (χ4n) is 2.25. The van der Waals surface area contributed by atoms with Gasteiger partial charge in [-0.15, -0.1) is 0 Å². The Morgan fingerprint density at radius 1 is 1.26 bits per heavy atom. The summed E-state index contributed by atoms with van der Waals surface area (Å²) in [7, 11) is 4.26. The molecule has 19 heavy (non-hydrogen) atoms. The van der Waals surface area contributed by atoms with Gasteiger partial charge >= 0.3 is 0 Å². The number of likely N-dealkylation sites (N-methyl/N-ethyl adjacent to an activating group) is 1. The van der Waals surface area contributed by atoms with Crippen LogP contribution in [0.4, 0.5) is 0 Å². The molecule has 4 nitrogen and oxygen atoms in total. The van der Waals surface area contributed by atoms with E-state index in [-0.39, 0.29) is 0 Å². The molecule has 0 saturated heterocycles. The highest BCUT2D eigenvalue weighted by molar-refractivity contribution is 5.01. The van der Waals surface area contributed by atoms with Gasteiger partial charge in [-0.25, -0.2) is 4.98 Å². The molecule has 0 radical (unpaired) electrons. The Labute approximate surface area is 118 Å². The molecule has 0 bridgehead atoms. The van der Waals surface area contributed by atoms with E-state index in [1.165, 1.54) is 5.69 Å². The Bertz CT molecular complexity index is 355. The van der Waals surface area contributed by atoms with Crippen molar-refractivity contribution in [2.24, 2.45) is 11.8 Å². The number of imidazole rings is 1. The summed E-state index contributed by atoms with van der Waals surface area (Å²) < 4.78 is 2.33. The lowest BCUT2D eigenvalue weighted by Crippen LogP contribution is -2.30. The van der Waals surface area contributed by atoms with Crippen molar-refractivity contribution in [3.63, 3.8) is 0 Å². The van der Waals surface area contributed by atoms with E-state index in [1.54, 1.807) is 0 Å². The first-order chi connectivity index (χ1) is 8.91. The van der Waals surface area contributed by atoms with Gasteiger partial charge < -0.3 is 14.8 Å². The van der Waals surface area contributed by atoms with Crippen LogP contribution in [0.5, 0.6) is 0 Å². The minimum absolute atomic E-state index is 0.480. The highest BCUT2D eigenvalue weighted by Crippen LogP contribution is 2.20. The largest absolute Gasteiger partial charge is 0.329 e. The molecule has 1 aromatic heterocycles. The zero-order valence-corrected chi connectivity index (χ0v) is 13.3. The lowest BCUT2D eigenvalue weighted by Gasteiger charge is -2.27. The predicted molar refractivity (Wildman–Crippen MR) is 81.2 cm³/mol. The number of hydrogen-bond acceptors (Lipinski definition) is 3. The molecule has 0 saturated carbocycles. The molecule has 0 aliphatic carbocycles. The molecule has 4 heteroatoms. The SMILES string of the molecule is CC(C)CNCc1cncn1C(CN(C)C)C(C)C. The van der Waals surface area contributed by atoms with Crippen molar-refractivity contribution in [3.05, 3.63) is 18.2 Å². The monoisotopic (exact) mass is 266 g/mol. The quantitative estimate of drug-likeness (QED) is 0.784. The summed E-state index contributed by atoms with van der Waals surface area (Å²) in [4.78, 5) is 6.58. The molecule has 1 rings (SSSR count). The molecule has 1 atom stereocenters. The van der Waals surface area contributed by atoms with Crippen molar-refractivity contribution in [2.45, 2.75) is 40.3 Å². The van der Waals surface area contributed by atoms with Crippen LogP contribution in [0.15, 0.2) is 12.5 Å². The summed E-state index contributed by atoms with van der Waals surface area (Å²) >= 11 is 0. The lowest BCUT2D eigenvalue weighted by molar-refractivity contribution is 0.264. The maximum Gasteiger partial charge on any atom is 0.0951 e. The highest BCUT2D eigenvalue weighted by Gasteiger charge is 2.18. The van der Waals surface area contributed by atoms with Crippen LogP contribution >= 0.6 is 0 Å². The fraction of sp³-hybridized carbons (Fsp3) is 0.800. The summed E-state index contributed by atoms with van der Waals surface area (Å²) in [5, 5.41) is 3.50. The van der Waals surface area contributed by atoms with Crippen LogP contribution in [0.25, 0.3) is 0 Å². The Hall–Kier alpha value is -0.870. The zero-order valence-electron chi connectivity index (χ0n) is 13.3. The van der Waals surface area contributed by atoms with Crippen molar-refractivity contribution >= 4 is 0 Å². The second kappa shape index (κ2) is 7.65. The Kier molecular flexibility index (Phi) is 6.52. The fourth-order valence-corrected chi connectivity index (χ4v) is 2.25. The van der Waals surface area contributed by atoms with E-state index in [9.17, 15) is 0 Å². The first kappa shape index (κ1) is 16.2. The van der Waals surface area contributed by atoms with E-state index in [4.69, 9.17) is 0 Å². The molecule has 0 fully saturated rings. The minimum atomic E-state index is 0.480. The van der Waals surface area contributed by atoms with Crippen LogP contribution in [-0.2, 0) is 6.54 Å². The number of hydrogen-bond donors (Lipinski definition) is 1. The molecule has 0 amide bonds. The van der Waals surface area contributed by atoms with Gasteiger partial charge in [0.2, 0.25) is 0 Å². The summed E-state index contributed by atoms with van der Waals surface area (Å²) in [5.74, 6) is 1.28. The van der Waals surface area contributed by atoms with Gasteiger partial charge in [0.25, 0.3) is 0 Å². The molecular formula is C15H30N4. The number of aromatic nitrogens is 2. The van der Waals surface area contributed by atoms with E-state index in [0.717, 1.165) is 19.6 Å². The molecule has 1 aromatic rings. The molecule has 0 aliphatic heterocycles. The van der Waals surface area contributed by atoms with Crippen LogP contribution in [0.3, 0.4) is 0 Å². The van der Waals surface area contributed by atoms with Gasteiger partial charge in [0.05, 0.1) is 12.0 Å². The summed E-state index contributed by atoms with van der Waals surface area (Å²) in [5.41, 5.74) is 1.28. The number of nitrogens with one attached hydrogen (secondary N) is 1. The summed E-state index contributed by atoms with van der Waals surface area (Å²) in [6, 6.07) is 0.480. The first-order valence-corrected chi connectivity index (χ1v) is 7.28. The maximum absolute atomic E-state index is 4.33. The zero-order chi connectivity index (χ0) is 14.4. The van der Waals surface area contributed by atoms with E-state index in [0.29, 0.717) is 17.9 Å². The number of rotatable bonds is 8. The van der Waals surface area contributed by atoms with Crippen molar-refractivity contribution in [3.8, 4) is 0 Å². The molecule has 1 unspecified atom stereocenters. The third kappa shape index (κ3) is 5.33. The van der Waals surface area contributed by atoms with Crippen LogP contribution in [-0.4, -0.2) is 41.6 Å². The van der Waals surface area contributed by atoms with Crippen LogP contribution in [0.1, 0.15) is 39.4 Å². The van der Waals surface area contributed by atoms with Crippen LogP contribution < -0.4 is 5.32 Å². The topological polar surface area (TPSA) is 33.1 Å². The third-order valence-corrected chi connectivity index (χ3v) is 3.28. The van der Waals surface area contributed by atoms with Crippen molar-refractivity contribution in [1.29, 1.82) is 0 Å². The van der Waals surface area contributed by atoms with Gasteiger partial charge in [-0.3, -0.25) is 0 Å². The summed E-state index contributed by atoms with van der Waals surface area (Å²) in [6.07, 6.45) is 3.96. The van der Waals surface area contributed by atoms with Crippen molar-refractivity contribution in [2.75, 3.05) is 27.2 Å². The normalized spacial score (nSPS) is 13.7. The molecule has 1 heterocycles. The first-order valence-electron chi connectivity index (χ1n) is 7.28. The maximum atomic E-state index is 4.33. The third-order valence-electron chi connectivity index (χ3n) is 3.28. The highest BCUT2D eigenvalue weighted by atomic mass is 15.2. The van der Waals surface area contributed by atoms with Gasteiger partial charge in [0, 0.05) is 25.3 Å². The molecule has 110 valence electrons. The second-order valence-electron chi connectivity index (χ2n) is 6.39. The van der Waals surface area contributed by atoms with Gasteiger partial charge in [0.1, 0.15) is 0 Å². The van der Waals surface area contributed by atoms with E-state index in [1.807, 2.05) is 12.5 Å². The Balaban J connectivity index is 2.72. The standard InChI is InChI=1S/C15H30N4/c1-12(2)7-16-8-14-9-17-11-19(14)15(13(3)4)10-18(5)6/h9,11-13,15-16H,7-8,10H2,1-6H3. The van der Waals surface area contributed by atoms with Crippen molar-refractivity contribution < 1.29 is 0 Å². The number of nitrogens with zero attached hydrogens (tertiary/aromatic N) is 3. The predicted octanol–water partition coefficient (Wildman–Crippen LogP) is 2.39. The lowest BCUT2D eigenvalue weighted by atomic mass is 10.0. The average molecular weight is 266 g/mol. The Morgan fingerprint density at radius 2 is 1.95 bits per heavy atom. The Morgan fingerprint density at radius 3 is 2.47 bits per heavy atom. The van der Waals surface area contributed by atoms with Gasteiger partial charge in [-0.05, 0) is 32.5 Å². The second-order valence-corrected chi connectivity index (χ2v) is 6.39. The average Bonchev–Trinajstić information content (AvgIpc) is 2.73. The van der Waals surface area contributed by atoms with Gasteiger partial charge in [-0.1, -0.05) is 27.7 Å². The van der Waals surface area contributed by atoms with Gasteiger partial charge in [-0.2, -0.15) is 0 Å². The van der Waals surface area contributed by atoms with Gasteiger partial charge in [0.15, 0.2) is 0 Å². The van der Waals surface area contributed by atoms with Crippen LogP contribution in [0, 0.1) is 11.8 Å². The van der Waals surface area contributed by atoms with E-state index < -0.39 is 0 Å².